The first-order valence-corrected chi connectivity index (χ1v) is 7.55. The fourth-order valence-corrected chi connectivity index (χ4v) is 2.08. The van der Waals surface area contributed by atoms with E-state index in [9.17, 15) is 14.4 Å². The van der Waals surface area contributed by atoms with E-state index >= 15 is 0 Å². The van der Waals surface area contributed by atoms with Crippen molar-refractivity contribution >= 4 is 23.4 Å². The fourth-order valence-electron chi connectivity index (χ4n) is 2.08. The first-order valence-electron chi connectivity index (χ1n) is 7.55. The van der Waals surface area contributed by atoms with E-state index < -0.39 is 11.8 Å². The van der Waals surface area contributed by atoms with Crippen molar-refractivity contribution in [3.63, 3.8) is 0 Å². The number of amides is 3. The van der Waals surface area contributed by atoms with Gasteiger partial charge in [0.25, 0.3) is 11.8 Å². The van der Waals surface area contributed by atoms with Crippen molar-refractivity contribution in [2.24, 2.45) is 5.92 Å². The molecule has 7 heteroatoms. The van der Waals surface area contributed by atoms with E-state index in [1.165, 1.54) is 6.20 Å². The van der Waals surface area contributed by atoms with Crippen molar-refractivity contribution in [2.45, 2.75) is 12.8 Å². The van der Waals surface area contributed by atoms with Crippen LogP contribution in [-0.2, 0) is 4.79 Å². The van der Waals surface area contributed by atoms with Crippen molar-refractivity contribution in [1.82, 2.24) is 15.8 Å². The predicted molar refractivity (Wildman–Crippen MR) is 87.0 cm³/mol. The maximum atomic E-state index is 12.1. The summed E-state index contributed by atoms with van der Waals surface area (Å²) in [4.78, 5) is 39.6. The van der Waals surface area contributed by atoms with Gasteiger partial charge in [-0.05, 0) is 43.2 Å². The Bertz CT molecular complexity index is 772. The highest BCUT2D eigenvalue weighted by molar-refractivity contribution is 6.00. The Morgan fingerprint density at radius 3 is 2.33 bits per heavy atom. The first-order chi connectivity index (χ1) is 11.6. The second-order valence-corrected chi connectivity index (χ2v) is 5.49. The standard InChI is InChI=1S/C17H16N4O3/c22-15(11-6-7-11)19-14-5-1-3-12(9-14)16(23)20-21-17(24)13-4-2-8-18-10-13/h1-5,8-11H,6-7H2,(H,19,22)(H,20,23)(H,21,24). The number of rotatable bonds is 4. The molecule has 1 fully saturated rings. The number of carbonyl (C=O) groups is 3. The molecule has 1 aliphatic rings. The lowest BCUT2D eigenvalue weighted by atomic mass is 10.2. The van der Waals surface area contributed by atoms with Crippen LogP contribution in [0.1, 0.15) is 33.6 Å². The van der Waals surface area contributed by atoms with Gasteiger partial charge in [0.1, 0.15) is 0 Å². The Kier molecular flexibility index (Phi) is 4.51. The van der Waals surface area contributed by atoms with Crippen LogP contribution in [-0.4, -0.2) is 22.7 Å². The summed E-state index contributed by atoms with van der Waals surface area (Å²) in [6, 6.07) is 9.75. The highest BCUT2D eigenvalue weighted by atomic mass is 16.2. The molecule has 0 atom stereocenters. The quantitative estimate of drug-likeness (QED) is 0.742. The molecule has 1 aromatic heterocycles. The third-order valence-corrected chi connectivity index (χ3v) is 3.55. The van der Waals surface area contributed by atoms with Crippen LogP contribution in [0, 0.1) is 5.92 Å². The third kappa shape index (κ3) is 3.95. The zero-order valence-corrected chi connectivity index (χ0v) is 12.8. The molecule has 1 aliphatic carbocycles. The minimum Gasteiger partial charge on any atom is -0.326 e. The second-order valence-electron chi connectivity index (χ2n) is 5.49. The molecule has 3 rings (SSSR count). The van der Waals surface area contributed by atoms with Gasteiger partial charge in [-0.2, -0.15) is 0 Å². The minimum atomic E-state index is -0.477. The van der Waals surface area contributed by atoms with Crippen molar-refractivity contribution in [2.75, 3.05) is 5.32 Å². The van der Waals surface area contributed by atoms with Crippen LogP contribution in [0.3, 0.4) is 0 Å². The summed E-state index contributed by atoms with van der Waals surface area (Å²) < 4.78 is 0. The molecule has 3 N–H and O–H groups in total. The Morgan fingerprint density at radius 2 is 1.67 bits per heavy atom. The summed E-state index contributed by atoms with van der Waals surface area (Å²) in [5, 5.41) is 2.78. The molecule has 1 saturated carbocycles. The van der Waals surface area contributed by atoms with E-state index in [1.54, 1.807) is 42.6 Å². The number of anilines is 1. The van der Waals surface area contributed by atoms with Crippen LogP contribution in [0.25, 0.3) is 0 Å². The molecule has 0 radical (unpaired) electrons. The van der Waals surface area contributed by atoms with E-state index in [4.69, 9.17) is 0 Å². The summed E-state index contributed by atoms with van der Waals surface area (Å²) in [5.41, 5.74) is 5.87. The van der Waals surface area contributed by atoms with Crippen molar-refractivity contribution in [1.29, 1.82) is 0 Å². The van der Waals surface area contributed by atoms with Gasteiger partial charge in [0, 0.05) is 29.6 Å². The summed E-state index contributed by atoms with van der Waals surface area (Å²) in [7, 11) is 0. The molecule has 1 aromatic carbocycles. The lowest BCUT2D eigenvalue weighted by molar-refractivity contribution is -0.117. The predicted octanol–water partition coefficient (Wildman–Crippen LogP) is 1.50. The lowest BCUT2D eigenvalue weighted by Gasteiger charge is -2.09. The van der Waals surface area contributed by atoms with Gasteiger partial charge < -0.3 is 5.32 Å². The maximum absolute atomic E-state index is 12.1. The number of benzene rings is 1. The van der Waals surface area contributed by atoms with Crippen LogP contribution < -0.4 is 16.2 Å². The molecular weight excluding hydrogens is 308 g/mol. The average molecular weight is 324 g/mol. The summed E-state index contributed by atoms with van der Waals surface area (Å²) in [6.07, 6.45) is 4.77. The van der Waals surface area contributed by atoms with Gasteiger partial charge >= 0.3 is 0 Å². The zero-order chi connectivity index (χ0) is 16.9. The zero-order valence-electron chi connectivity index (χ0n) is 12.8. The summed E-state index contributed by atoms with van der Waals surface area (Å²) in [6.45, 7) is 0. The Morgan fingerprint density at radius 1 is 0.958 bits per heavy atom. The Labute approximate surface area is 138 Å². The SMILES string of the molecule is O=C(NNC(=O)c1cccc(NC(=O)C2CC2)c1)c1cccnc1. The monoisotopic (exact) mass is 324 g/mol. The van der Waals surface area contributed by atoms with Crippen molar-refractivity contribution in [3.05, 3.63) is 59.9 Å². The smallest absolute Gasteiger partial charge is 0.271 e. The molecular formula is C17H16N4O3. The Balaban J connectivity index is 1.58. The summed E-state index contributed by atoms with van der Waals surface area (Å²) >= 11 is 0. The third-order valence-electron chi connectivity index (χ3n) is 3.55. The molecule has 0 bridgehead atoms. The maximum Gasteiger partial charge on any atom is 0.271 e. The van der Waals surface area contributed by atoms with Crippen molar-refractivity contribution in [3.8, 4) is 0 Å². The summed E-state index contributed by atoms with van der Waals surface area (Å²) in [5.74, 6) is -0.886. The molecule has 2 aromatic rings. The average Bonchev–Trinajstić information content (AvgIpc) is 3.45. The van der Waals surface area contributed by atoms with Gasteiger partial charge in [0.15, 0.2) is 0 Å². The molecule has 24 heavy (non-hydrogen) atoms. The van der Waals surface area contributed by atoms with Gasteiger partial charge in [-0.1, -0.05) is 6.07 Å². The number of hydrogen-bond donors (Lipinski definition) is 3. The number of nitrogens with zero attached hydrogens (tertiary/aromatic N) is 1. The lowest BCUT2D eigenvalue weighted by Crippen LogP contribution is -2.41. The number of hydrogen-bond acceptors (Lipinski definition) is 4. The number of nitrogens with one attached hydrogen (secondary N) is 3. The van der Waals surface area contributed by atoms with E-state index in [2.05, 4.69) is 21.2 Å². The minimum absolute atomic E-state index is 0.0301. The largest absolute Gasteiger partial charge is 0.326 e. The van der Waals surface area contributed by atoms with Gasteiger partial charge in [-0.25, -0.2) is 0 Å². The molecule has 0 aliphatic heterocycles. The van der Waals surface area contributed by atoms with Crippen LogP contribution in [0.2, 0.25) is 0 Å². The van der Waals surface area contributed by atoms with E-state index in [1.807, 2.05) is 0 Å². The van der Waals surface area contributed by atoms with Gasteiger partial charge in [0.05, 0.1) is 5.56 Å². The van der Waals surface area contributed by atoms with E-state index in [-0.39, 0.29) is 11.8 Å². The van der Waals surface area contributed by atoms with Gasteiger partial charge in [0.2, 0.25) is 5.91 Å². The fraction of sp³-hybridized carbons (Fsp3) is 0.176. The van der Waals surface area contributed by atoms with Crippen molar-refractivity contribution < 1.29 is 14.4 Å². The normalized spacial score (nSPS) is 13.0. The molecule has 1 heterocycles. The van der Waals surface area contributed by atoms with E-state index in [0.29, 0.717) is 16.8 Å². The van der Waals surface area contributed by atoms with Gasteiger partial charge in [-0.3, -0.25) is 30.2 Å². The highest BCUT2D eigenvalue weighted by Gasteiger charge is 2.29. The number of aromatic nitrogens is 1. The molecule has 3 amide bonds. The second kappa shape index (κ2) is 6.91. The molecule has 7 nitrogen and oxygen atoms in total. The molecule has 0 saturated heterocycles. The molecule has 122 valence electrons. The molecule has 0 spiro atoms. The van der Waals surface area contributed by atoms with Gasteiger partial charge in [-0.15, -0.1) is 0 Å². The van der Waals surface area contributed by atoms with E-state index in [0.717, 1.165) is 12.8 Å². The molecule has 0 unspecified atom stereocenters. The first kappa shape index (κ1) is 15.7. The number of pyridine rings is 1. The Hall–Kier alpha value is -3.22. The van der Waals surface area contributed by atoms with Crippen LogP contribution in [0.4, 0.5) is 5.69 Å². The number of carbonyl (C=O) groups excluding carboxylic acids is 3. The topological polar surface area (TPSA) is 100 Å². The van der Waals surface area contributed by atoms with Crippen LogP contribution in [0.15, 0.2) is 48.8 Å². The van der Waals surface area contributed by atoms with Crippen LogP contribution in [0.5, 0.6) is 0 Å². The van der Waals surface area contributed by atoms with Crippen LogP contribution >= 0.6 is 0 Å². The number of hydrazine groups is 1. The highest BCUT2D eigenvalue weighted by Crippen LogP contribution is 2.30.